The molecule has 2 heterocycles. The normalized spacial score (nSPS) is 17.2. The van der Waals surface area contributed by atoms with Crippen molar-refractivity contribution in [2.45, 2.75) is 37.3 Å². The van der Waals surface area contributed by atoms with Crippen LogP contribution >= 0.6 is 11.3 Å². The Bertz CT molecular complexity index is 935. The molecule has 1 saturated heterocycles. The van der Waals surface area contributed by atoms with Gasteiger partial charge in [0.25, 0.3) is 0 Å². The van der Waals surface area contributed by atoms with Gasteiger partial charge >= 0.3 is 0 Å². The van der Waals surface area contributed by atoms with E-state index in [1.165, 1.54) is 12.1 Å². The van der Waals surface area contributed by atoms with Gasteiger partial charge in [-0.3, -0.25) is 9.69 Å². The Morgan fingerprint density at radius 2 is 2.00 bits per heavy atom. The van der Waals surface area contributed by atoms with Gasteiger partial charge in [-0.25, -0.2) is 18.5 Å². The van der Waals surface area contributed by atoms with Crippen molar-refractivity contribution in [2.75, 3.05) is 25.5 Å². The predicted octanol–water partition coefficient (Wildman–Crippen LogP) is 2.35. The summed E-state index contributed by atoms with van der Waals surface area (Å²) in [5, 5.41) is 11.0. The van der Waals surface area contributed by atoms with E-state index in [2.05, 4.69) is 20.6 Å². The van der Waals surface area contributed by atoms with E-state index >= 15 is 0 Å². The number of carbonyl (C=O) groups excluding carboxylic acids is 1. The Morgan fingerprint density at radius 3 is 2.59 bits per heavy atom. The van der Waals surface area contributed by atoms with Crippen molar-refractivity contribution in [3.05, 3.63) is 40.3 Å². The summed E-state index contributed by atoms with van der Waals surface area (Å²) in [6.45, 7) is 4.41. The van der Waals surface area contributed by atoms with Gasteiger partial charge in [0.15, 0.2) is 0 Å². The summed E-state index contributed by atoms with van der Waals surface area (Å²) in [4.78, 5) is 19.5. The highest BCUT2D eigenvalue weighted by atomic mass is 32.2. The molecule has 1 fully saturated rings. The molecule has 1 aromatic carbocycles. The molecule has 3 rings (SSSR count). The first-order valence-electron chi connectivity index (χ1n) is 9.39. The van der Waals surface area contributed by atoms with Crippen LogP contribution in [0.2, 0.25) is 0 Å². The summed E-state index contributed by atoms with van der Waals surface area (Å²) in [7, 11) is -2.06. The van der Waals surface area contributed by atoms with Crippen molar-refractivity contribution in [3.8, 4) is 0 Å². The number of amides is 1. The monoisotopic (exact) mass is 438 g/mol. The summed E-state index contributed by atoms with van der Waals surface area (Å²) in [6.07, 6.45) is 1.54. The molecule has 1 atom stereocenters. The number of aromatic nitrogens is 1. The SMILES string of the molecule is COC(C)c1nc(CN2CCC(C(=O)Nc3ccc(S(N)(=O)=O)cc3)CC2)cs1. The molecule has 0 radical (unpaired) electrons. The third-order valence-corrected chi connectivity index (χ3v) is 7.05. The van der Waals surface area contributed by atoms with E-state index < -0.39 is 10.0 Å². The number of anilines is 1. The summed E-state index contributed by atoms with van der Waals surface area (Å²) in [5.74, 6) is -0.110. The minimum atomic E-state index is -3.74. The van der Waals surface area contributed by atoms with E-state index in [4.69, 9.17) is 9.88 Å². The number of sulfonamides is 1. The molecule has 10 heteroatoms. The number of piperidine rings is 1. The average Bonchev–Trinajstić information content (AvgIpc) is 3.16. The Labute approximate surface area is 175 Å². The highest BCUT2D eigenvalue weighted by Gasteiger charge is 2.25. The number of hydrogen-bond acceptors (Lipinski definition) is 7. The zero-order valence-corrected chi connectivity index (χ0v) is 18.1. The highest BCUT2D eigenvalue weighted by Crippen LogP contribution is 2.24. The first-order valence-corrected chi connectivity index (χ1v) is 11.8. The maximum absolute atomic E-state index is 12.5. The van der Waals surface area contributed by atoms with Crippen molar-refractivity contribution in [2.24, 2.45) is 11.1 Å². The third-order valence-electron chi connectivity index (χ3n) is 5.07. The lowest BCUT2D eigenvalue weighted by atomic mass is 9.95. The van der Waals surface area contributed by atoms with Gasteiger partial charge in [0.2, 0.25) is 15.9 Å². The minimum absolute atomic E-state index is 0.00204. The Hall–Kier alpha value is -1.85. The van der Waals surface area contributed by atoms with E-state index in [0.29, 0.717) is 5.69 Å². The molecule has 0 saturated carbocycles. The average molecular weight is 439 g/mol. The van der Waals surface area contributed by atoms with Crippen LogP contribution in [0, 0.1) is 5.92 Å². The van der Waals surface area contributed by atoms with Crippen molar-refractivity contribution in [3.63, 3.8) is 0 Å². The molecule has 1 amide bonds. The van der Waals surface area contributed by atoms with E-state index in [-0.39, 0.29) is 22.8 Å². The number of nitrogens with two attached hydrogens (primary N) is 1. The van der Waals surface area contributed by atoms with Crippen LogP contribution in [0.15, 0.2) is 34.5 Å². The summed E-state index contributed by atoms with van der Waals surface area (Å²) in [6, 6.07) is 5.88. The predicted molar refractivity (Wildman–Crippen MR) is 112 cm³/mol. The van der Waals surface area contributed by atoms with Crippen molar-refractivity contribution in [1.82, 2.24) is 9.88 Å². The summed E-state index contributed by atoms with van der Waals surface area (Å²) in [5.41, 5.74) is 1.60. The zero-order chi connectivity index (χ0) is 21.0. The van der Waals surface area contributed by atoms with Gasteiger partial charge in [0.05, 0.1) is 10.6 Å². The molecule has 3 N–H and O–H groups in total. The molecule has 2 aromatic rings. The minimum Gasteiger partial charge on any atom is -0.375 e. The Kier molecular flexibility index (Phi) is 7.01. The second-order valence-electron chi connectivity index (χ2n) is 7.16. The van der Waals surface area contributed by atoms with E-state index in [1.807, 2.05) is 6.92 Å². The van der Waals surface area contributed by atoms with Crippen LogP contribution in [0.5, 0.6) is 0 Å². The maximum Gasteiger partial charge on any atom is 0.238 e. The maximum atomic E-state index is 12.5. The number of likely N-dealkylation sites (tertiary alicyclic amines) is 1. The number of hydrogen-bond donors (Lipinski definition) is 2. The van der Waals surface area contributed by atoms with Crippen LogP contribution in [-0.2, 0) is 26.1 Å². The highest BCUT2D eigenvalue weighted by molar-refractivity contribution is 7.89. The van der Waals surface area contributed by atoms with Gasteiger partial charge in [-0.1, -0.05) is 0 Å². The third kappa shape index (κ3) is 5.83. The largest absolute Gasteiger partial charge is 0.375 e. The summed E-state index contributed by atoms with van der Waals surface area (Å²) < 4.78 is 27.9. The molecule has 29 heavy (non-hydrogen) atoms. The number of nitrogens with one attached hydrogen (secondary N) is 1. The van der Waals surface area contributed by atoms with Gasteiger partial charge in [0, 0.05) is 30.6 Å². The fraction of sp³-hybridized carbons (Fsp3) is 0.474. The number of primary sulfonamides is 1. The standard InChI is InChI=1S/C19H26N4O4S2/c1-13(27-2)19-22-16(12-28-19)11-23-9-7-14(8-10-23)18(24)21-15-3-5-17(6-4-15)29(20,25)26/h3-6,12-14H,7-11H2,1-2H3,(H,21,24)(H2,20,25,26). The van der Waals surface area contributed by atoms with Crippen molar-refractivity contribution < 1.29 is 17.9 Å². The molecule has 1 unspecified atom stereocenters. The molecular formula is C19H26N4O4S2. The van der Waals surface area contributed by atoms with Crippen LogP contribution in [-0.4, -0.2) is 44.4 Å². The van der Waals surface area contributed by atoms with Gasteiger partial charge < -0.3 is 10.1 Å². The molecule has 0 aliphatic carbocycles. The lowest BCUT2D eigenvalue weighted by molar-refractivity contribution is -0.121. The second kappa shape index (κ2) is 9.31. The number of methoxy groups -OCH3 is 1. The Balaban J connectivity index is 1.48. The fourth-order valence-electron chi connectivity index (χ4n) is 3.24. The second-order valence-corrected chi connectivity index (χ2v) is 9.62. The molecule has 0 spiro atoms. The summed E-state index contributed by atoms with van der Waals surface area (Å²) >= 11 is 1.61. The van der Waals surface area contributed by atoms with Gasteiger partial charge in [-0.15, -0.1) is 11.3 Å². The molecule has 1 aromatic heterocycles. The fourth-order valence-corrected chi connectivity index (χ4v) is 4.59. The van der Waals surface area contributed by atoms with Gasteiger partial charge in [0.1, 0.15) is 11.1 Å². The van der Waals surface area contributed by atoms with Gasteiger partial charge in [-0.2, -0.15) is 0 Å². The number of rotatable bonds is 7. The number of nitrogens with zero attached hydrogens (tertiary/aromatic N) is 2. The van der Waals surface area contributed by atoms with Crippen LogP contribution in [0.1, 0.15) is 36.6 Å². The smallest absolute Gasteiger partial charge is 0.238 e. The molecule has 0 bridgehead atoms. The number of benzene rings is 1. The topological polar surface area (TPSA) is 115 Å². The van der Waals surface area contributed by atoms with Crippen LogP contribution < -0.4 is 10.5 Å². The molecular weight excluding hydrogens is 412 g/mol. The van der Waals surface area contributed by atoms with E-state index in [9.17, 15) is 13.2 Å². The first-order chi connectivity index (χ1) is 13.8. The van der Waals surface area contributed by atoms with Crippen LogP contribution in [0.3, 0.4) is 0 Å². The molecule has 158 valence electrons. The van der Waals surface area contributed by atoms with E-state index in [0.717, 1.165) is 43.2 Å². The van der Waals surface area contributed by atoms with Crippen LogP contribution in [0.25, 0.3) is 0 Å². The lowest BCUT2D eigenvalue weighted by Gasteiger charge is -2.30. The molecule has 1 aliphatic rings. The number of carbonyl (C=O) groups is 1. The molecule has 8 nitrogen and oxygen atoms in total. The van der Waals surface area contributed by atoms with Crippen molar-refractivity contribution in [1.29, 1.82) is 0 Å². The molecule has 1 aliphatic heterocycles. The first kappa shape index (κ1) is 21.8. The lowest BCUT2D eigenvalue weighted by Crippen LogP contribution is -2.37. The number of ether oxygens (including phenoxy) is 1. The van der Waals surface area contributed by atoms with Crippen LogP contribution in [0.4, 0.5) is 5.69 Å². The zero-order valence-electron chi connectivity index (χ0n) is 16.5. The van der Waals surface area contributed by atoms with E-state index in [1.54, 1.807) is 30.6 Å². The van der Waals surface area contributed by atoms with Crippen molar-refractivity contribution >= 4 is 33.0 Å². The Morgan fingerprint density at radius 1 is 1.34 bits per heavy atom. The number of thiazole rings is 1. The van der Waals surface area contributed by atoms with Gasteiger partial charge in [-0.05, 0) is 57.1 Å². The quantitative estimate of drug-likeness (QED) is 0.686.